The summed E-state index contributed by atoms with van der Waals surface area (Å²) in [7, 11) is 0. The fourth-order valence-electron chi connectivity index (χ4n) is 2.91. The van der Waals surface area contributed by atoms with Gasteiger partial charge in [0.2, 0.25) is 5.96 Å². The minimum Gasteiger partial charge on any atom is -0.338 e. The maximum absolute atomic E-state index is 14.4. The summed E-state index contributed by atoms with van der Waals surface area (Å²) in [5.74, 6) is 0.317. The molecule has 2 aliphatic rings. The Morgan fingerprint density at radius 1 is 1.38 bits per heavy atom. The highest BCUT2D eigenvalue weighted by molar-refractivity contribution is 6.30. The van der Waals surface area contributed by atoms with Crippen molar-refractivity contribution in [2.45, 2.75) is 33.7 Å². The smallest absolute Gasteiger partial charge is 0.223 e. The average molecular weight is 380 g/mol. The van der Waals surface area contributed by atoms with Crippen molar-refractivity contribution in [1.29, 1.82) is 0 Å². The van der Waals surface area contributed by atoms with Crippen molar-refractivity contribution in [2.75, 3.05) is 26.2 Å². The van der Waals surface area contributed by atoms with Gasteiger partial charge in [-0.05, 0) is 39.8 Å². The number of nitrogens with zero attached hydrogens (tertiary/aromatic N) is 4. The van der Waals surface area contributed by atoms with Crippen molar-refractivity contribution in [1.82, 2.24) is 15.2 Å². The van der Waals surface area contributed by atoms with Crippen LogP contribution in [0.1, 0.15) is 39.3 Å². The average Bonchev–Trinajstić information content (AvgIpc) is 2.59. The van der Waals surface area contributed by atoms with Gasteiger partial charge in [-0.3, -0.25) is 0 Å². The van der Waals surface area contributed by atoms with E-state index in [0.29, 0.717) is 16.7 Å². The number of halogens is 2. The summed E-state index contributed by atoms with van der Waals surface area (Å²) in [5.41, 5.74) is 2.06. The second kappa shape index (κ2) is 9.14. The van der Waals surface area contributed by atoms with Gasteiger partial charge in [0.15, 0.2) is 5.82 Å². The van der Waals surface area contributed by atoms with Crippen LogP contribution in [0.5, 0.6) is 0 Å². The molecule has 142 valence electrons. The first-order chi connectivity index (χ1) is 12.4. The summed E-state index contributed by atoms with van der Waals surface area (Å²) < 4.78 is 14.4. The summed E-state index contributed by atoms with van der Waals surface area (Å²) in [6.07, 6.45) is 1.75. The molecular formula is C19H27ClFN5. The van der Waals surface area contributed by atoms with Gasteiger partial charge in [0.25, 0.3) is 0 Å². The Morgan fingerprint density at radius 2 is 2.00 bits per heavy atom. The van der Waals surface area contributed by atoms with Crippen LogP contribution >= 0.6 is 11.6 Å². The van der Waals surface area contributed by atoms with E-state index < -0.39 is 0 Å². The molecule has 1 atom stereocenters. The van der Waals surface area contributed by atoms with E-state index in [-0.39, 0.29) is 11.9 Å². The zero-order valence-corrected chi connectivity index (χ0v) is 16.6. The van der Waals surface area contributed by atoms with Gasteiger partial charge < -0.3 is 10.2 Å². The van der Waals surface area contributed by atoms with Crippen LogP contribution in [0.2, 0.25) is 5.02 Å². The van der Waals surface area contributed by atoms with Gasteiger partial charge in [-0.15, -0.1) is 6.58 Å². The number of benzene rings is 1. The van der Waals surface area contributed by atoms with Crippen LogP contribution in [0.3, 0.4) is 0 Å². The molecule has 0 spiro atoms. The molecule has 1 N–H and O–H groups in total. The van der Waals surface area contributed by atoms with Crippen molar-refractivity contribution in [3.8, 4) is 0 Å². The Bertz CT molecular complexity index is 706. The van der Waals surface area contributed by atoms with Crippen molar-refractivity contribution in [3.63, 3.8) is 0 Å². The van der Waals surface area contributed by atoms with Gasteiger partial charge in [-0.1, -0.05) is 17.7 Å². The summed E-state index contributed by atoms with van der Waals surface area (Å²) in [6.45, 7) is 14.5. The monoisotopic (exact) mass is 379 g/mol. The molecule has 1 aromatic rings. The van der Waals surface area contributed by atoms with Gasteiger partial charge in [0.1, 0.15) is 5.69 Å². The highest BCUT2D eigenvalue weighted by Crippen LogP contribution is 2.39. The quantitative estimate of drug-likeness (QED) is 0.583. The molecule has 2 heterocycles. The van der Waals surface area contributed by atoms with Crippen LogP contribution in [0.4, 0.5) is 10.1 Å². The first kappa shape index (κ1) is 20.4. The van der Waals surface area contributed by atoms with Gasteiger partial charge in [0, 0.05) is 42.5 Å². The number of hydrazone groups is 1. The molecule has 1 saturated heterocycles. The van der Waals surface area contributed by atoms with Crippen molar-refractivity contribution in [3.05, 3.63) is 41.2 Å². The number of aliphatic imine (C=N–C) groups is 1. The molecule has 1 unspecified atom stereocenters. The third kappa shape index (κ3) is 4.62. The lowest BCUT2D eigenvalue weighted by Gasteiger charge is -2.39. The Labute approximate surface area is 160 Å². The molecule has 2 aliphatic heterocycles. The van der Waals surface area contributed by atoms with E-state index >= 15 is 0 Å². The predicted octanol–water partition coefficient (Wildman–Crippen LogP) is 4.34. The molecule has 0 radical (unpaired) electrons. The third-order valence-corrected chi connectivity index (χ3v) is 4.22. The number of guanidine groups is 1. The van der Waals surface area contributed by atoms with Crippen molar-refractivity contribution < 1.29 is 4.39 Å². The molecular weight excluding hydrogens is 353 g/mol. The van der Waals surface area contributed by atoms with Crippen molar-refractivity contribution in [2.24, 2.45) is 10.1 Å². The van der Waals surface area contributed by atoms with Gasteiger partial charge in [0.05, 0.1) is 6.04 Å². The fraction of sp³-hybridized carbons (Fsp3) is 0.474. The van der Waals surface area contributed by atoms with Crippen LogP contribution in [0.15, 0.2) is 34.9 Å². The second-order valence-electron chi connectivity index (χ2n) is 6.45. The van der Waals surface area contributed by atoms with Crippen molar-refractivity contribution >= 4 is 29.0 Å². The number of hydrogen-bond acceptors (Lipinski definition) is 5. The molecule has 0 saturated carbocycles. The lowest BCUT2D eigenvalue weighted by molar-refractivity contribution is 0.257. The Balaban J connectivity index is 0.000000758. The summed E-state index contributed by atoms with van der Waals surface area (Å²) in [5, 5.41) is 10.2. The molecule has 7 heteroatoms. The van der Waals surface area contributed by atoms with Crippen LogP contribution in [-0.2, 0) is 0 Å². The van der Waals surface area contributed by atoms with E-state index in [1.54, 1.807) is 12.1 Å². The topological polar surface area (TPSA) is 43.2 Å². The van der Waals surface area contributed by atoms with Crippen LogP contribution in [-0.4, -0.2) is 47.8 Å². The SMILES string of the molecule is C=CC.CC(C)=NN1C(N2CCNCC2)=Nc2c(F)cc(Cl)cc2C1C. The molecule has 1 aromatic carbocycles. The highest BCUT2D eigenvalue weighted by Gasteiger charge is 2.32. The lowest BCUT2D eigenvalue weighted by atomic mass is 10.0. The molecule has 3 rings (SSSR count). The number of rotatable bonds is 1. The normalized spacial score (nSPS) is 19.0. The maximum atomic E-state index is 14.4. The number of piperazine rings is 1. The highest BCUT2D eigenvalue weighted by atomic mass is 35.5. The molecule has 5 nitrogen and oxygen atoms in total. The second-order valence-corrected chi connectivity index (χ2v) is 6.89. The maximum Gasteiger partial charge on any atom is 0.223 e. The number of fused-ring (bicyclic) bond motifs is 1. The Hall–Kier alpha value is -1.92. The standard InChI is InChI=1S/C16H21ClFN5.C3H6/c1-10(2)21-23-11(3)13-8-12(17)9-14(18)15(13)20-16(23)22-6-4-19-5-7-22;1-3-2/h8-9,11,19H,4-7H2,1-3H3;3H,1H2,2H3. The van der Waals surface area contributed by atoms with Gasteiger partial charge in [-0.2, -0.15) is 5.10 Å². The van der Waals surface area contributed by atoms with E-state index in [1.165, 1.54) is 6.07 Å². The third-order valence-electron chi connectivity index (χ3n) is 4.00. The molecule has 26 heavy (non-hydrogen) atoms. The molecule has 0 amide bonds. The molecule has 0 aliphatic carbocycles. The van der Waals surface area contributed by atoms with E-state index in [1.807, 2.05) is 32.7 Å². The Kier molecular flexibility index (Phi) is 7.17. The van der Waals surface area contributed by atoms with E-state index in [2.05, 4.69) is 26.9 Å². The predicted molar refractivity (Wildman–Crippen MR) is 108 cm³/mol. The van der Waals surface area contributed by atoms with Crippen LogP contribution in [0.25, 0.3) is 0 Å². The number of hydrogen-bond donors (Lipinski definition) is 1. The zero-order chi connectivity index (χ0) is 19.3. The Morgan fingerprint density at radius 3 is 2.58 bits per heavy atom. The molecule has 1 fully saturated rings. The molecule has 0 bridgehead atoms. The molecule has 0 aromatic heterocycles. The van der Waals surface area contributed by atoms with E-state index in [0.717, 1.165) is 37.5 Å². The van der Waals surface area contributed by atoms with Crippen LogP contribution in [0, 0.1) is 5.82 Å². The largest absolute Gasteiger partial charge is 0.338 e. The van der Waals surface area contributed by atoms with E-state index in [4.69, 9.17) is 11.6 Å². The number of nitrogens with one attached hydrogen (secondary N) is 1. The fourth-order valence-corrected chi connectivity index (χ4v) is 3.12. The minimum atomic E-state index is -0.385. The zero-order valence-electron chi connectivity index (χ0n) is 15.9. The first-order valence-electron chi connectivity index (χ1n) is 8.80. The first-order valence-corrected chi connectivity index (χ1v) is 9.18. The number of allylic oxidation sites excluding steroid dienone is 1. The lowest BCUT2D eigenvalue weighted by Crippen LogP contribution is -2.52. The van der Waals surface area contributed by atoms with E-state index in [9.17, 15) is 4.39 Å². The summed E-state index contributed by atoms with van der Waals surface area (Å²) in [4.78, 5) is 6.74. The van der Waals surface area contributed by atoms with Gasteiger partial charge in [-0.25, -0.2) is 14.4 Å². The van der Waals surface area contributed by atoms with Crippen LogP contribution < -0.4 is 5.32 Å². The minimum absolute atomic E-state index is 0.129. The summed E-state index contributed by atoms with van der Waals surface area (Å²) in [6, 6.07) is 2.96. The van der Waals surface area contributed by atoms with Gasteiger partial charge >= 0.3 is 0 Å². The summed E-state index contributed by atoms with van der Waals surface area (Å²) >= 11 is 6.02.